The molecule has 0 bridgehead atoms. The highest BCUT2D eigenvalue weighted by molar-refractivity contribution is 5.83. The van der Waals surface area contributed by atoms with Crippen LogP contribution in [0.5, 0.6) is 0 Å². The second kappa shape index (κ2) is 7.60. The van der Waals surface area contributed by atoms with E-state index < -0.39 is 0 Å². The number of hydrogen-bond acceptors (Lipinski definition) is 6. The molecule has 1 amide bonds. The first-order valence-corrected chi connectivity index (χ1v) is 8.55. The second-order valence-electron chi connectivity index (χ2n) is 6.44. The van der Waals surface area contributed by atoms with E-state index in [1.807, 2.05) is 37.3 Å². The molecule has 1 aliphatic heterocycles. The molecule has 134 valence electrons. The van der Waals surface area contributed by atoms with Gasteiger partial charge in [-0.1, -0.05) is 0 Å². The summed E-state index contributed by atoms with van der Waals surface area (Å²) in [5.41, 5.74) is 0.878. The van der Waals surface area contributed by atoms with E-state index in [9.17, 15) is 4.79 Å². The maximum absolute atomic E-state index is 13.0. The Morgan fingerprint density at radius 2 is 2.32 bits per heavy atom. The molecule has 8 heteroatoms. The monoisotopic (exact) mass is 343 g/mol. The Bertz CT molecular complexity index is 702. The Hall–Kier alpha value is -2.48. The second-order valence-corrected chi connectivity index (χ2v) is 6.44. The van der Waals surface area contributed by atoms with Crippen LogP contribution in [-0.2, 0) is 11.8 Å². The summed E-state index contributed by atoms with van der Waals surface area (Å²) in [5.74, 6) is 0.923. The van der Waals surface area contributed by atoms with Gasteiger partial charge in [0.25, 0.3) is 0 Å². The van der Waals surface area contributed by atoms with Gasteiger partial charge in [0.1, 0.15) is 6.04 Å². The number of carbonyl (C=O) groups excluding carboxylic acids is 1. The molecule has 2 aromatic rings. The standard InChI is InChI=1S/C17H25N7O/c1-18-16(13-10-20-22(2)11-13)17(25)23(3)14-6-5-9-24(12-14)15-7-4-8-19-21-15/h4,7-8,10-11,14,16,18H,5-6,9,12H2,1-3H3. The number of carbonyl (C=O) groups is 1. The van der Waals surface area contributed by atoms with Crippen molar-refractivity contribution >= 4 is 11.7 Å². The summed E-state index contributed by atoms with van der Waals surface area (Å²) in [6.45, 7) is 1.71. The smallest absolute Gasteiger partial charge is 0.244 e. The zero-order valence-electron chi connectivity index (χ0n) is 15.0. The molecule has 1 saturated heterocycles. The molecular weight excluding hydrogens is 318 g/mol. The molecule has 1 N–H and O–H groups in total. The van der Waals surface area contributed by atoms with Gasteiger partial charge in [0, 0.05) is 51.2 Å². The third kappa shape index (κ3) is 3.79. The highest BCUT2D eigenvalue weighted by atomic mass is 16.2. The van der Waals surface area contributed by atoms with Gasteiger partial charge in [0.05, 0.1) is 6.20 Å². The Balaban J connectivity index is 1.70. The van der Waals surface area contributed by atoms with Crippen molar-refractivity contribution in [1.82, 2.24) is 30.2 Å². The van der Waals surface area contributed by atoms with Crippen molar-refractivity contribution in [2.45, 2.75) is 24.9 Å². The number of rotatable bonds is 5. The quantitative estimate of drug-likeness (QED) is 0.856. The normalized spacial score (nSPS) is 18.8. The summed E-state index contributed by atoms with van der Waals surface area (Å²) >= 11 is 0. The molecule has 1 fully saturated rings. The van der Waals surface area contributed by atoms with Crippen LogP contribution in [0.15, 0.2) is 30.7 Å². The third-order valence-corrected chi connectivity index (χ3v) is 4.77. The van der Waals surface area contributed by atoms with Crippen molar-refractivity contribution in [3.63, 3.8) is 0 Å². The Kier molecular flexibility index (Phi) is 5.28. The summed E-state index contributed by atoms with van der Waals surface area (Å²) in [6.07, 6.45) is 7.30. The zero-order valence-corrected chi connectivity index (χ0v) is 15.0. The predicted octanol–water partition coefficient (Wildman–Crippen LogP) is 0.598. The number of hydrogen-bond donors (Lipinski definition) is 1. The molecule has 1 aliphatic rings. The largest absolute Gasteiger partial charge is 0.353 e. The Morgan fingerprint density at radius 1 is 1.48 bits per heavy atom. The van der Waals surface area contributed by atoms with Gasteiger partial charge in [-0.05, 0) is 32.0 Å². The summed E-state index contributed by atoms with van der Waals surface area (Å²) in [5, 5.41) is 15.4. The minimum Gasteiger partial charge on any atom is -0.353 e. The molecule has 3 rings (SSSR count). The average molecular weight is 343 g/mol. The minimum absolute atomic E-state index is 0.0569. The molecule has 25 heavy (non-hydrogen) atoms. The SMILES string of the molecule is CNC(C(=O)N(C)C1CCCN(c2cccnn2)C1)c1cnn(C)c1. The van der Waals surface area contributed by atoms with Crippen LogP contribution in [0.25, 0.3) is 0 Å². The zero-order chi connectivity index (χ0) is 17.8. The van der Waals surface area contributed by atoms with E-state index in [0.717, 1.165) is 37.3 Å². The van der Waals surface area contributed by atoms with Gasteiger partial charge in [-0.25, -0.2) is 0 Å². The molecule has 2 aromatic heterocycles. The average Bonchev–Trinajstić information content (AvgIpc) is 3.08. The van der Waals surface area contributed by atoms with Crippen molar-refractivity contribution in [3.8, 4) is 0 Å². The fourth-order valence-corrected chi connectivity index (χ4v) is 3.35. The first-order valence-electron chi connectivity index (χ1n) is 8.55. The molecule has 0 aromatic carbocycles. The lowest BCUT2D eigenvalue weighted by molar-refractivity contribution is -0.134. The minimum atomic E-state index is -0.384. The summed E-state index contributed by atoms with van der Waals surface area (Å²) < 4.78 is 1.71. The van der Waals surface area contributed by atoms with Crippen molar-refractivity contribution in [1.29, 1.82) is 0 Å². The predicted molar refractivity (Wildman–Crippen MR) is 95.0 cm³/mol. The van der Waals surface area contributed by atoms with Crippen LogP contribution in [-0.4, -0.2) is 64.0 Å². The van der Waals surface area contributed by atoms with Gasteiger partial charge in [-0.2, -0.15) is 10.2 Å². The van der Waals surface area contributed by atoms with Crippen LogP contribution >= 0.6 is 0 Å². The number of amides is 1. The fourth-order valence-electron chi connectivity index (χ4n) is 3.35. The molecule has 8 nitrogen and oxygen atoms in total. The van der Waals surface area contributed by atoms with Gasteiger partial charge in [0.2, 0.25) is 5.91 Å². The summed E-state index contributed by atoms with van der Waals surface area (Å²) in [4.78, 5) is 17.1. The number of aromatic nitrogens is 4. The molecule has 2 atom stereocenters. The number of nitrogens with zero attached hydrogens (tertiary/aromatic N) is 6. The van der Waals surface area contributed by atoms with Crippen LogP contribution in [0.1, 0.15) is 24.4 Å². The topological polar surface area (TPSA) is 79.2 Å². The van der Waals surface area contributed by atoms with Crippen molar-refractivity contribution in [2.24, 2.45) is 7.05 Å². The van der Waals surface area contributed by atoms with Crippen LogP contribution in [0.2, 0.25) is 0 Å². The van der Waals surface area contributed by atoms with Gasteiger partial charge in [-0.15, -0.1) is 5.10 Å². The molecule has 0 radical (unpaired) electrons. The number of anilines is 1. The van der Waals surface area contributed by atoms with Gasteiger partial charge in [0.15, 0.2) is 5.82 Å². The van der Waals surface area contributed by atoms with E-state index in [2.05, 4.69) is 25.5 Å². The number of aryl methyl sites for hydroxylation is 1. The highest BCUT2D eigenvalue weighted by Crippen LogP contribution is 2.22. The Labute approximate surface area is 147 Å². The lowest BCUT2D eigenvalue weighted by Gasteiger charge is -2.39. The lowest BCUT2D eigenvalue weighted by atomic mass is 10.0. The number of piperidine rings is 1. The maximum Gasteiger partial charge on any atom is 0.244 e. The molecule has 0 aliphatic carbocycles. The van der Waals surface area contributed by atoms with E-state index in [-0.39, 0.29) is 18.0 Å². The molecular formula is C17H25N7O. The van der Waals surface area contributed by atoms with Crippen molar-refractivity contribution in [3.05, 3.63) is 36.3 Å². The summed E-state index contributed by atoms with van der Waals surface area (Å²) in [7, 11) is 5.54. The van der Waals surface area contributed by atoms with Crippen LogP contribution in [0, 0.1) is 0 Å². The van der Waals surface area contributed by atoms with Crippen LogP contribution < -0.4 is 10.2 Å². The Morgan fingerprint density at radius 3 is 2.96 bits per heavy atom. The summed E-state index contributed by atoms with van der Waals surface area (Å²) in [6, 6.07) is 3.62. The van der Waals surface area contributed by atoms with E-state index in [1.165, 1.54) is 0 Å². The van der Waals surface area contributed by atoms with Gasteiger partial charge >= 0.3 is 0 Å². The van der Waals surface area contributed by atoms with Crippen molar-refractivity contribution < 1.29 is 4.79 Å². The van der Waals surface area contributed by atoms with E-state index >= 15 is 0 Å². The van der Waals surface area contributed by atoms with Gasteiger partial charge < -0.3 is 15.1 Å². The third-order valence-electron chi connectivity index (χ3n) is 4.77. The highest BCUT2D eigenvalue weighted by Gasteiger charge is 2.31. The molecule has 2 unspecified atom stereocenters. The molecule has 0 spiro atoms. The van der Waals surface area contributed by atoms with E-state index in [1.54, 1.807) is 24.1 Å². The molecule has 3 heterocycles. The fraction of sp³-hybridized carbons (Fsp3) is 0.529. The van der Waals surface area contributed by atoms with E-state index in [0.29, 0.717) is 0 Å². The van der Waals surface area contributed by atoms with Crippen molar-refractivity contribution in [2.75, 3.05) is 32.1 Å². The van der Waals surface area contributed by atoms with Crippen LogP contribution in [0.3, 0.4) is 0 Å². The van der Waals surface area contributed by atoms with Gasteiger partial charge in [-0.3, -0.25) is 9.48 Å². The number of likely N-dealkylation sites (N-methyl/N-ethyl adjacent to an activating group) is 2. The lowest BCUT2D eigenvalue weighted by Crippen LogP contribution is -2.51. The first-order chi connectivity index (χ1) is 12.1. The maximum atomic E-state index is 13.0. The van der Waals surface area contributed by atoms with E-state index in [4.69, 9.17) is 0 Å². The number of nitrogens with one attached hydrogen (secondary N) is 1. The first kappa shape index (κ1) is 17.3. The van der Waals surface area contributed by atoms with Crippen LogP contribution in [0.4, 0.5) is 5.82 Å². The molecule has 0 saturated carbocycles.